The Balaban J connectivity index is 0.000000364. The molecule has 0 bridgehead atoms. The van der Waals surface area contributed by atoms with Crippen molar-refractivity contribution in [3.05, 3.63) is 0 Å². The lowest BCUT2D eigenvalue weighted by molar-refractivity contribution is 0.137. The van der Waals surface area contributed by atoms with Gasteiger partial charge in [-0.2, -0.15) is 0 Å². The summed E-state index contributed by atoms with van der Waals surface area (Å²) in [4.78, 5) is 11.2. The Morgan fingerprint density at radius 1 is 1.21 bits per heavy atom. The van der Waals surface area contributed by atoms with E-state index < -0.39 is 6.16 Å². The average Bonchev–Trinajstić information content (AvgIpc) is 2.15. The van der Waals surface area contributed by atoms with Crippen LogP contribution in [0.2, 0.25) is 0 Å². The van der Waals surface area contributed by atoms with Crippen molar-refractivity contribution in [1.82, 2.24) is 4.90 Å². The summed E-state index contributed by atoms with van der Waals surface area (Å²) in [6, 6.07) is 0. The van der Waals surface area contributed by atoms with Gasteiger partial charge < -0.3 is 15.1 Å². The van der Waals surface area contributed by atoms with E-state index in [2.05, 4.69) is 11.8 Å². The molecule has 0 amide bonds. The van der Waals surface area contributed by atoms with Gasteiger partial charge in [-0.05, 0) is 38.9 Å². The fraction of sp³-hybridized carbons (Fsp3) is 0.900. The fourth-order valence-electron chi connectivity index (χ4n) is 1.56. The molecule has 0 atom stereocenters. The summed E-state index contributed by atoms with van der Waals surface area (Å²) in [6.07, 6.45) is 5.23. The normalized spacial score (nSPS) is 16.9. The molecule has 1 saturated heterocycles. The first-order valence-corrected chi connectivity index (χ1v) is 5.31. The number of rotatable bonds is 3. The first-order valence-electron chi connectivity index (χ1n) is 5.31. The van der Waals surface area contributed by atoms with E-state index in [0.717, 1.165) is 0 Å². The number of nitrogens with zero attached hydrogens (tertiary/aromatic N) is 1. The van der Waals surface area contributed by atoms with Crippen molar-refractivity contribution in [3.63, 3.8) is 0 Å². The molecule has 1 heterocycles. The monoisotopic (exact) mass is 203 g/mol. The topological polar surface area (TPSA) is 60.8 Å². The molecule has 14 heavy (non-hydrogen) atoms. The van der Waals surface area contributed by atoms with Gasteiger partial charge in [0.1, 0.15) is 0 Å². The number of carbonyl (C=O) groups is 1. The highest BCUT2D eigenvalue weighted by atomic mass is 16.6. The highest BCUT2D eigenvalue weighted by Gasteiger charge is 2.07. The van der Waals surface area contributed by atoms with Gasteiger partial charge in [0.25, 0.3) is 0 Å². The third-order valence-electron chi connectivity index (χ3n) is 2.28. The van der Waals surface area contributed by atoms with Crippen LogP contribution in [-0.2, 0) is 0 Å². The molecule has 84 valence electrons. The summed E-state index contributed by atoms with van der Waals surface area (Å²) >= 11 is 0. The van der Waals surface area contributed by atoms with E-state index in [-0.39, 0.29) is 0 Å². The molecule has 0 spiro atoms. The van der Waals surface area contributed by atoms with Crippen molar-refractivity contribution in [2.45, 2.75) is 39.0 Å². The molecule has 0 radical (unpaired) electrons. The van der Waals surface area contributed by atoms with E-state index in [1.807, 2.05) is 0 Å². The summed E-state index contributed by atoms with van der Waals surface area (Å²) in [7, 11) is 0. The second kappa shape index (κ2) is 8.81. The second-order valence-electron chi connectivity index (χ2n) is 3.54. The van der Waals surface area contributed by atoms with E-state index in [0.29, 0.717) is 0 Å². The molecule has 0 unspecified atom stereocenters. The molecule has 1 fully saturated rings. The van der Waals surface area contributed by atoms with Gasteiger partial charge in [0.15, 0.2) is 0 Å². The Morgan fingerprint density at radius 3 is 2.14 bits per heavy atom. The van der Waals surface area contributed by atoms with Gasteiger partial charge in [-0.25, -0.2) is 4.79 Å². The highest BCUT2D eigenvalue weighted by Crippen LogP contribution is 2.08. The molecule has 0 aromatic heterocycles. The van der Waals surface area contributed by atoms with Gasteiger partial charge in [0.2, 0.25) is 0 Å². The summed E-state index contributed by atoms with van der Waals surface area (Å²) in [5.74, 6) is 0. The Morgan fingerprint density at radius 2 is 1.71 bits per heavy atom. The number of likely N-dealkylation sites (tertiary alicyclic amines) is 1. The minimum Gasteiger partial charge on any atom is -0.450 e. The van der Waals surface area contributed by atoms with Crippen molar-refractivity contribution in [3.8, 4) is 0 Å². The molecule has 4 nitrogen and oxygen atoms in total. The largest absolute Gasteiger partial charge is 0.503 e. The zero-order chi connectivity index (χ0) is 10.8. The average molecular weight is 203 g/mol. The minimum absolute atomic E-state index is 1.34. The smallest absolute Gasteiger partial charge is 0.450 e. The fourth-order valence-corrected chi connectivity index (χ4v) is 1.56. The predicted octanol–water partition coefficient (Wildman–Crippen LogP) is 2.49. The summed E-state index contributed by atoms with van der Waals surface area (Å²) in [5, 5.41) is 13.9. The van der Waals surface area contributed by atoms with Crippen molar-refractivity contribution in [1.29, 1.82) is 0 Å². The number of unbranched alkanes of at least 4 members (excludes halogenated alkanes) is 1. The zero-order valence-corrected chi connectivity index (χ0v) is 8.91. The van der Waals surface area contributed by atoms with Crippen molar-refractivity contribution < 1.29 is 15.0 Å². The third-order valence-corrected chi connectivity index (χ3v) is 2.28. The van der Waals surface area contributed by atoms with Crippen molar-refractivity contribution in [2.24, 2.45) is 0 Å². The third kappa shape index (κ3) is 9.32. The van der Waals surface area contributed by atoms with E-state index in [9.17, 15) is 0 Å². The molecule has 1 rings (SSSR count). The molecule has 4 heteroatoms. The van der Waals surface area contributed by atoms with Crippen LogP contribution >= 0.6 is 0 Å². The quantitative estimate of drug-likeness (QED) is 0.739. The molecular weight excluding hydrogens is 182 g/mol. The Bertz CT molecular complexity index is 140. The van der Waals surface area contributed by atoms with E-state index in [1.165, 1.54) is 51.7 Å². The summed E-state index contributed by atoms with van der Waals surface area (Å²) in [5.41, 5.74) is 0. The van der Waals surface area contributed by atoms with Crippen LogP contribution in [0.15, 0.2) is 0 Å². The van der Waals surface area contributed by atoms with Crippen LogP contribution in [0.25, 0.3) is 0 Å². The van der Waals surface area contributed by atoms with Gasteiger partial charge >= 0.3 is 6.16 Å². The van der Waals surface area contributed by atoms with Crippen LogP contribution < -0.4 is 0 Å². The molecular formula is C10H21NO3. The van der Waals surface area contributed by atoms with Crippen LogP contribution in [0.3, 0.4) is 0 Å². The maximum Gasteiger partial charge on any atom is 0.503 e. The lowest BCUT2D eigenvalue weighted by Gasteiger charge is -2.25. The molecule has 0 aromatic carbocycles. The molecule has 0 saturated carbocycles. The first-order chi connectivity index (χ1) is 6.66. The first kappa shape index (κ1) is 13.2. The SMILES string of the molecule is CCCCN1CCCCC1.O=C(O)O. The zero-order valence-electron chi connectivity index (χ0n) is 8.91. The van der Waals surface area contributed by atoms with Crippen LogP contribution in [0.1, 0.15) is 39.0 Å². The number of piperidine rings is 1. The van der Waals surface area contributed by atoms with Gasteiger partial charge in [-0.15, -0.1) is 0 Å². The molecule has 1 aliphatic heterocycles. The van der Waals surface area contributed by atoms with Crippen molar-refractivity contribution in [2.75, 3.05) is 19.6 Å². The lowest BCUT2D eigenvalue weighted by atomic mass is 10.1. The Labute approximate surface area is 85.5 Å². The summed E-state index contributed by atoms with van der Waals surface area (Å²) in [6.45, 7) is 6.33. The van der Waals surface area contributed by atoms with Gasteiger partial charge in [0.05, 0.1) is 0 Å². The van der Waals surface area contributed by atoms with Crippen LogP contribution in [-0.4, -0.2) is 40.9 Å². The van der Waals surface area contributed by atoms with Gasteiger partial charge in [-0.3, -0.25) is 0 Å². The van der Waals surface area contributed by atoms with Crippen LogP contribution in [0, 0.1) is 0 Å². The van der Waals surface area contributed by atoms with E-state index in [4.69, 9.17) is 15.0 Å². The molecule has 0 aromatic rings. The lowest BCUT2D eigenvalue weighted by Crippen LogP contribution is -2.30. The highest BCUT2D eigenvalue weighted by molar-refractivity contribution is 5.53. The summed E-state index contributed by atoms with van der Waals surface area (Å²) < 4.78 is 0. The number of hydrogen-bond donors (Lipinski definition) is 2. The molecule has 1 aliphatic rings. The van der Waals surface area contributed by atoms with Gasteiger partial charge in [0, 0.05) is 0 Å². The van der Waals surface area contributed by atoms with Gasteiger partial charge in [-0.1, -0.05) is 19.8 Å². The number of hydrogen-bond acceptors (Lipinski definition) is 2. The standard InChI is InChI=1S/C9H19N.CH2O3/c1-2-3-7-10-8-5-4-6-9-10;2-1(3)4/h2-9H2,1H3;(H2,2,3,4). The van der Waals surface area contributed by atoms with E-state index >= 15 is 0 Å². The van der Waals surface area contributed by atoms with Crippen molar-refractivity contribution >= 4 is 6.16 Å². The molecule has 0 aliphatic carbocycles. The Kier molecular flexibility index (Phi) is 8.33. The van der Waals surface area contributed by atoms with E-state index in [1.54, 1.807) is 0 Å². The van der Waals surface area contributed by atoms with Crippen LogP contribution in [0.5, 0.6) is 0 Å². The predicted molar refractivity (Wildman–Crippen MR) is 55.9 cm³/mol. The second-order valence-corrected chi connectivity index (χ2v) is 3.54. The maximum absolute atomic E-state index is 8.56. The van der Waals surface area contributed by atoms with Crippen LogP contribution in [0.4, 0.5) is 4.79 Å². The maximum atomic E-state index is 8.56. The minimum atomic E-state index is -1.83. The number of carboxylic acid groups (broad SMARTS) is 2. The molecule has 2 N–H and O–H groups in total. The Hall–Kier alpha value is -0.770.